The lowest BCUT2D eigenvalue weighted by Crippen LogP contribution is -2.49. The average molecular weight is 271 g/mol. The summed E-state index contributed by atoms with van der Waals surface area (Å²) in [5.41, 5.74) is 2.59. The second-order valence-corrected chi connectivity index (χ2v) is 4.84. The highest BCUT2D eigenvalue weighted by Gasteiger charge is 2.19. The fraction of sp³-hybridized carbons (Fsp3) is 0.571. The predicted octanol–water partition coefficient (Wildman–Crippen LogP) is 2.22. The van der Waals surface area contributed by atoms with Crippen molar-refractivity contribution < 1.29 is 4.74 Å². The van der Waals surface area contributed by atoms with Crippen LogP contribution in [-0.2, 0) is 6.54 Å². The van der Waals surface area contributed by atoms with Crippen molar-refractivity contribution >= 4 is 12.4 Å². The smallest absolute Gasteiger partial charge is 0.123 e. The van der Waals surface area contributed by atoms with E-state index in [-0.39, 0.29) is 12.4 Å². The first-order valence-electron chi connectivity index (χ1n) is 6.29. The first-order valence-corrected chi connectivity index (χ1v) is 6.29. The second kappa shape index (κ2) is 6.98. The highest BCUT2D eigenvalue weighted by molar-refractivity contribution is 5.85. The summed E-state index contributed by atoms with van der Waals surface area (Å²) < 4.78 is 5.43. The number of methoxy groups -OCH3 is 1. The van der Waals surface area contributed by atoms with Gasteiger partial charge in [-0.2, -0.15) is 0 Å². The summed E-state index contributed by atoms with van der Waals surface area (Å²) in [5, 5.41) is 3.42. The van der Waals surface area contributed by atoms with Crippen LogP contribution in [0.3, 0.4) is 0 Å². The van der Waals surface area contributed by atoms with Gasteiger partial charge in [-0.1, -0.05) is 17.7 Å². The topological polar surface area (TPSA) is 24.5 Å². The van der Waals surface area contributed by atoms with E-state index >= 15 is 0 Å². The molecule has 0 radical (unpaired) electrons. The third kappa shape index (κ3) is 3.61. The number of halogens is 1. The maximum atomic E-state index is 5.43. The van der Waals surface area contributed by atoms with Crippen LogP contribution in [0.15, 0.2) is 18.2 Å². The molecule has 1 aliphatic heterocycles. The number of piperazine rings is 1. The van der Waals surface area contributed by atoms with E-state index in [0.29, 0.717) is 6.04 Å². The fourth-order valence-corrected chi connectivity index (χ4v) is 2.37. The van der Waals surface area contributed by atoms with Crippen molar-refractivity contribution in [1.29, 1.82) is 0 Å². The summed E-state index contributed by atoms with van der Waals surface area (Å²) >= 11 is 0. The Morgan fingerprint density at radius 3 is 2.89 bits per heavy atom. The maximum absolute atomic E-state index is 5.43. The third-order valence-corrected chi connectivity index (χ3v) is 3.45. The molecular weight excluding hydrogens is 248 g/mol. The summed E-state index contributed by atoms with van der Waals surface area (Å²) in [6, 6.07) is 6.99. The first kappa shape index (κ1) is 15.3. The highest BCUT2D eigenvalue weighted by Crippen LogP contribution is 2.22. The van der Waals surface area contributed by atoms with E-state index in [0.717, 1.165) is 31.9 Å². The van der Waals surface area contributed by atoms with Gasteiger partial charge in [0, 0.05) is 37.8 Å². The van der Waals surface area contributed by atoms with Gasteiger partial charge < -0.3 is 10.1 Å². The van der Waals surface area contributed by atoms with Crippen LogP contribution >= 0.6 is 12.4 Å². The average Bonchev–Trinajstić information content (AvgIpc) is 2.32. The van der Waals surface area contributed by atoms with Gasteiger partial charge in [-0.3, -0.25) is 4.90 Å². The molecule has 3 nitrogen and oxygen atoms in total. The molecule has 0 spiro atoms. The molecule has 18 heavy (non-hydrogen) atoms. The van der Waals surface area contributed by atoms with Crippen LogP contribution in [0.5, 0.6) is 5.75 Å². The van der Waals surface area contributed by atoms with E-state index in [1.807, 2.05) is 0 Å². The zero-order valence-corrected chi connectivity index (χ0v) is 12.2. The number of hydrogen-bond donors (Lipinski definition) is 1. The molecule has 1 fully saturated rings. The Morgan fingerprint density at radius 1 is 1.44 bits per heavy atom. The number of hydrogen-bond acceptors (Lipinski definition) is 3. The molecule has 0 unspecified atom stereocenters. The van der Waals surface area contributed by atoms with Crippen molar-refractivity contribution in [2.45, 2.75) is 26.4 Å². The first-order chi connectivity index (χ1) is 8.20. The number of nitrogens with zero attached hydrogens (tertiary/aromatic N) is 1. The van der Waals surface area contributed by atoms with E-state index in [1.165, 1.54) is 11.1 Å². The summed E-state index contributed by atoms with van der Waals surface area (Å²) in [5.74, 6) is 1.00. The Hall–Kier alpha value is -0.770. The van der Waals surface area contributed by atoms with Crippen LogP contribution in [0.1, 0.15) is 18.1 Å². The number of benzene rings is 1. The van der Waals surface area contributed by atoms with Crippen molar-refractivity contribution in [3.05, 3.63) is 29.3 Å². The van der Waals surface area contributed by atoms with Crippen molar-refractivity contribution in [2.75, 3.05) is 26.7 Å². The lowest BCUT2D eigenvalue weighted by atomic mass is 10.1. The summed E-state index contributed by atoms with van der Waals surface area (Å²) in [6.07, 6.45) is 0. The van der Waals surface area contributed by atoms with Crippen molar-refractivity contribution in [3.8, 4) is 5.75 Å². The Labute approximate surface area is 116 Å². The molecule has 1 heterocycles. The van der Waals surface area contributed by atoms with Crippen molar-refractivity contribution in [1.82, 2.24) is 10.2 Å². The molecule has 1 atom stereocenters. The minimum Gasteiger partial charge on any atom is -0.496 e. The monoisotopic (exact) mass is 270 g/mol. The van der Waals surface area contributed by atoms with Gasteiger partial charge in [-0.15, -0.1) is 12.4 Å². The Kier molecular flexibility index (Phi) is 5.93. The van der Waals surface area contributed by atoms with Gasteiger partial charge in [0.2, 0.25) is 0 Å². The van der Waals surface area contributed by atoms with Gasteiger partial charge in [-0.25, -0.2) is 0 Å². The molecule has 102 valence electrons. The van der Waals surface area contributed by atoms with Crippen LogP contribution in [0.25, 0.3) is 0 Å². The SMILES string of the molecule is COc1ccc(C)cc1CN1CCNC[C@H]1C.Cl. The molecule has 1 N–H and O–H groups in total. The Morgan fingerprint density at radius 2 is 2.22 bits per heavy atom. The molecule has 0 saturated carbocycles. The normalized spacial score (nSPS) is 20.3. The van der Waals surface area contributed by atoms with Crippen LogP contribution in [-0.4, -0.2) is 37.7 Å². The van der Waals surface area contributed by atoms with Crippen molar-refractivity contribution in [3.63, 3.8) is 0 Å². The molecule has 0 bridgehead atoms. The minimum atomic E-state index is 0. The van der Waals surface area contributed by atoms with Gasteiger partial charge in [0.05, 0.1) is 7.11 Å². The third-order valence-electron chi connectivity index (χ3n) is 3.45. The molecule has 4 heteroatoms. The van der Waals surface area contributed by atoms with Gasteiger partial charge in [0.1, 0.15) is 5.75 Å². The van der Waals surface area contributed by atoms with E-state index in [1.54, 1.807) is 7.11 Å². The summed E-state index contributed by atoms with van der Waals surface area (Å²) in [4.78, 5) is 2.51. The molecular formula is C14H23ClN2O. The van der Waals surface area contributed by atoms with Crippen LogP contribution in [0, 0.1) is 6.92 Å². The quantitative estimate of drug-likeness (QED) is 0.912. The lowest BCUT2D eigenvalue weighted by molar-refractivity contribution is 0.164. The largest absolute Gasteiger partial charge is 0.496 e. The zero-order valence-electron chi connectivity index (χ0n) is 11.4. The van der Waals surface area contributed by atoms with E-state index in [9.17, 15) is 0 Å². The maximum Gasteiger partial charge on any atom is 0.123 e. The molecule has 1 aromatic rings. The minimum absolute atomic E-state index is 0. The zero-order chi connectivity index (χ0) is 12.3. The van der Waals surface area contributed by atoms with Crippen LogP contribution in [0.4, 0.5) is 0 Å². The van der Waals surface area contributed by atoms with E-state index < -0.39 is 0 Å². The Balaban J connectivity index is 0.00000162. The predicted molar refractivity (Wildman–Crippen MR) is 77.7 cm³/mol. The van der Waals surface area contributed by atoms with E-state index in [4.69, 9.17) is 4.74 Å². The number of nitrogens with one attached hydrogen (secondary N) is 1. The molecule has 1 aromatic carbocycles. The second-order valence-electron chi connectivity index (χ2n) is 4.84. The Bertz CT molecular complexity index is 384. The number of ether oxygens (including phenoxy) is 1. The molecule has 2 rings (SSSR count). The van der Waals surface area contributed by atoms with E-state index in [2.05, 4.69) is 42.3 Å². The summed E-state index contributed by atoms with van der Waals surface area (Å²) in [7, 11) is 1.75. The number of aryl methyl sites for hydroxylation is 1. The standard InChI is InChI=1S/C14H22N2O.ClH/c1-11-4-5-14(17-3)13(8-11)10-16-7-6-15-9-12(16)2;/h4-5,8,12,15H,6-7,9-10H2,1-3H3;1H/t12-;/m1./s1. The molecule has 1 saturated heterocycles. The van der Waals surface area contributed by atoms with Gasteiger partial charge in [0.25, 0.3) is 0 Å². The molecule has 0 aromatic heterocycles. The molecule has 0 aliphatic carbocycles. The van der Waals surface area contributed by atoms with Crippen LogP contribution < -0.4 is 10.1 Å². The van der Waals surface area contributed by atoms with Crippen LogP contribution in [0.2, 0.25) is 0 Å². The summed E-state index contributed by atoms with van der Waals surface area (Å²) in [6.45, 7) is 8.65. The fourth-order valence-electron chi connectivity index (χ4n) is 2.37. The van der Waals surface area contributed by atoms with Crippen molar-refractivity contribution in [2.24, 2.45) is 0 Å². The van der Waals surface area contributed by atoms with Gasteiger partial charge in [-0.05, 0) is 19.9 Å². The van der Waals surface area contributed by atoms with Gasteiger partial charge >= 0.3 is 0 Å². The lowest BCUT2D eigenvalue weighted by Gasteiger charge is -2.34. The molecule has 0 amide bonds. The molecule has 1 aliphatic rings. The number of rotatable bonds is 3. The van der Waals surface area contributed by atoms with Gasteiger partial charge in [0.15, 0.2) is 0 Å². The highest BCUT2D eigenvalue weighted by atomic mass is 35.5.